The number of nitrogens with zero attached hydrogens (tertiary/aromatic N) is 2. The predicted octanol–water partition coefficient (Wildman–Crippen LogP) is 1.10. The van der Waals surface area contributed by atoms with Gasteiger partial charge >= 0.3 is 5.97 Å². The molecule has 0 aliphatic heterocycles. The molecule has 17 heavy (non-hydrogen) atoms. The van der Waals surface area contributed by atoms with E-state index in [0.717, 1.165) is 0 Å². The first-order valence-corrected chi connectivity index (χ1v) is 5.00. The monoisotopic (exact) mass is 236 g/mol. The number of rotatable bonds is 3. The molecule has 0 aromatic carbocycles. The van der Waals surface area contributed by atoms with Crippen LogP contribution >= 0.6 is 0 Å². The van der Waals surface area contributed by atoms with Crippen molar-refractivity contribution in [3.63, 3.8) is 0 Å². The molecule has 0 amide bonds. The van der Waals surface area contributed by atoms with Crippen molar-refractivity contribution in [2.75, 3.05) is 0 Å². The average Bonchev–Trinajstić information content (AvgIpc) is 2.84. The number of aryl methyl sites for hydroxylation is 2. The van der Waals surface area contributed by atoms with Crippen molar-refractivity contribution in [2.24, 2.45) is 7.05 Å². The van der Waals surface area contributed by atoms with Crippen molar-refractivity contribution in [3.8, 4) is 0 Å². The lowest BCUT2D eigenvalue weighted by molar-refractivity contribution is 0.0655. The first kappa shape index (κ1) is 11.4. The van der Waals surface area contributed by atoms with E-state index in [1.807, 2.05) is 0 Å². The second-order valence-corrected chi connectivity index (χ2v) is 3.75. The van der Waals surface area contributed by atoms with E-state index in [1.165, 1.54) is 12.1 Å². The maximum Gasteiger partial charge on any atom is 0.371 e. The van der Waals surface area contributed by atoms with Crippen LogP contribution in [0.15, 0.2) is 22.7 Å². The number of hydrogen-bond acceptors (Lipinski definition) is 4. The lowest BCUT2D eigenvalue weighted by atomic mass is 10.1. The quantitative estimate of drug-likeness (QED) is 0.833. The van der Waals surface area contributed by atoms with Crippen LogP contribution in [-0.4, -0.2) is 26.0 Å². The third kappa shape index (κ3) is 2.07. The van der Waals surface area contributed by atoms with E-state index in [9.17, 15) is 9.90 Å². The van der Waals surface area contributed by atoms with Crippen LogP contribution in [0.3, 0.4) is 0 Å². The topological polar surface area (TPSA) is 88.5 Å². The first-order valence-electron chi connectivity index (χ1n) is 5.00. The van der Waals surface area contributed by atoms with Gasteiger partial charge < -0.3 is 14.6 Å². The van der Waals surface area contributed by atoms with Crippen molar-refractivity contribution in [2.45, 2.75) is 13.0 Å². The van der Waals surface area contributed by atoms with Crippen molar-refractivity contribution < 1.29 is 19.4 Å². The first-order chi connectivity index (χ1) is 7.99. The Morgan fingerprint density at radius 2 is 2.24 bits per heavy atom. The molecule has 0 aliphatic carbocycles. The Balaban J connectivity index is 2.33. The molecule has 0 fully saturated rings. The summed E-state index contributed by atoms with van der Waals surface area (Å²) in [6.45, 7) is 1.76. The van der Waals surface area contributed by atoms with Gasteiger partial charge in [-0.15, -0.1) is 0 Å². The number of carbonyl (C=O) groups is 1. The SMILES string of the molecule is Cc1nn(C)cc1C(O)c1ccc(C(=O)O)o1. The zero-order valence-electron chi connectivity index (χ0n) is 9.41. The molecule has 6 heteroatoms. The number of aliphatic hydroxyl groups excluding tert-OH is 1. The summed E-state index contributed by atoms with van der Waals surface area (Å²) in [6, 6.07) is 2.76. The van der Waals surface area contributed by atoms with E-state index >= 15 is 0 Å². The Hall–Kier alpha value is -2.08. The summed E-state index contributed by atoms with van der Waals surface area (Å²) < 4.78 is 6.62. The minimum absolute atomic E-state index is 0.193. The van der Waals surface area contributed by atoms with Crippen molar-refractivity contribution in [1.29, 1.82) is 0 Å². The van der Waals surface area contributed by atoms with Crippen LogP contribution in [0.5, 0.6) is 0 Å². The summed E-state index contributed by atoms with van der Waals surface area (Å²) in [4.78, 5) is 10.7. The van der Waals surface area contributed by atoms with Crippen LogP contribution in [0, 0.1) is 6.92 Å². The fraction of sp³-hybridized carbons (Fsp3) is 0.273. The predicted molar refractivity (Wildman–Crippen MR) is 57.7 cm³/mol. The standard InChI is InChI=1S/C11H12N2O4/c1-6-7(5-13(2)12-6)10(14)8-3-4-9(17-8)11(15)16/h3-5,10,14H,1-2H3,(H,15,16). The molecule has 2 aromatic heterocycles. The van der Waals surface area contributed by atoms with Crippen molar-refractivity contribution in [3.05, 3.63) is 41.1 Å². The van der Waals surface area contributed by atoms with Crippen LogP contribution in [-0.2, 0) is 7.05 Å². The van der Waals surface area contributed by atoms with Gasteiger partial charge in [0.2, 0.25) is 5.76 Å². The van der Waals surface area contributed by atoms with Gasteiger partial charge in [-0.25, -0.2) is 4.79 Å². The molecule has 0 bridgehead atoms. The fourth-order valence-electron chi connectivity index (χ4n) is 1.65. The molecule has 1 unspecified atom stereocenters. The van der Waals surface area contributed by atoms with Crippen molar-refractivity contribution in [1.82, 2.24) is 9.78 Å². The number of furan rings is 1. The highest BCUT2D eigenvalue weighted by Crippen LogP contribution is 2.25. The molecule has 0 radical (unpaired) electrons. The van der Waals surface area contributed by atoms with Gasteiger partial charge in [-0.3, -0.25) is 4.68 Å². The highest BCUT2D eigenvalue weighted by Gasteiger charge is 2.20. The molecular weight excluding hydrogens is 224 g/mol. The molecule has 0 saturated carbocycles. The second kappa shape index (κ2) is 4.06. The number of carboxylic acid groups (broad SMARTS) is 1. The third-order valence-corrected chi connectivity index (χ3v) is 2.45. The summed E-state index contributed by atoms with van der Waals surface area (Å²) in [6.07, 6.45) is 0.667. The summed E-state index contributed by atoms with van der Waals surface area (Å²) in [7, 11) is 1.74. The van der Waals surface area contributed by atoms with Gasteiger partial charge in [0.15, 0.2) is 0 Å². The Kier molecular flexibility index (Phi) is 2.72. The lowest BCUT2D eigenvalue weighted by Gasteiger charge is -2.05. The van der Waals surface area contributed by atoms with Gasteiger partial charge in [-0.05, 0) is 19.1 Å². The number of aromatic nitrogens is 2. The highest BCUT2D eigenvalue weighted by atomic mass is 16.4. The Bertz CT molecular complexity index is 556. The van der Waals surface area contributed by atoms with Gasteiger partial charge in [0.25, 0.3) is 0 Å². The minimum atomic E-state index is -1.16. The van der Waals surface area contributed by atoms with Gasteiger partial charge in [0, 0.05) is 18.8 Å². The van der Waals surface area contributed by atoms with Crippen LogP contribution in [0.2, 0.25) is 0 Å². The molecular formula is C11H12N2O4. The normalized spacial score (nSPS) is 12.6. The molecule has 6 nitrogen and oxygen atoms in total. The van der Waals surface area contributed by atoms with E-state index in [2.05, 4.69) is 5.10 Å². The number of aliphatic hydroxyl groups is 1. The smallest absolute Gasteiger partial charge is 0.371 e. The van der Waals surface area contributed by atoms with Crippen molar-refractivity contribution >= 4 is 5.97 Å². The Labute approximate surface area is 97.1 Å². The zero-order chi connectivity index (χ0) is 12.6. The van der Waals surface area contributed by atoms with E-state index in [0.29, 0.717) is 11.3 Å². The van der Waals surface area contributed by atoms with Crippen LogP contribution in [0.1, 0.15) is 33.7 Å². The van der Waals surface area contributed by atoms with E-state index in [-0.39, 0.29) is 11.5 Å². The molecule has 90 valence electrons. The number of aromatic carboxylic acids is 1. The van der Waals surface area contributed by atoms with Crippen LogP contribution in [0.25, 0.3) is 0 Å². The maximum absolute atomic E-state index is 10.7. The summed E-state index contributed by atoms with van der Waals surface area (Å²) in [5.74, 6) is -1.16. The zero-order valence-corrected chi connectivity index (χ0v) is 9.41. The number of carboxylic acids is 1. The van der Waals surface area contributed by atoms with Gasteiger partial charge in [-0.1, -0.05) is 0 Å². The lowest BCUT2D eigenvalue weighted by Crippen LogP contribution is -1.99. The number of hydrogen-bond donors (Lipinski definition) is 2. The van der Waals surface area contributed by atoms with E-state index in [4.69, 9.17) is 9.52 Å². The minimum Gasteiger partial charge on any atom is -0.475 e. The second-order valence-electron chi connectivity index (χ2n) is 3.75. The summed E-state index contributed by atoms with van der Waals surface area (Å²) >= 11 is 0. The molecule has 0 aliphatic rings. The largest absolute Gasteiger partial charge is 0.475 e. The molecule has 2 N–H and O–H groups in total. The molecule has 1 atom stereocenters. The van der Waals surface area contributed by atoms with Gasteiger partial charge in [0.1, 0.15) is 11.9 Å². The van der Waals surface area contributed by atoms with E-state index < -0.39 is 12.1 Å². The molecule has 2 rings (SSSR count). The van der Waals surface area contributed by atoms with E-state index in [1.54, 1.807) is 24.9 Å². The van der Waals surface area contributed by atoms with Gasteiger partial charge in [0.05, 0.1) is 5.69 Å². The Morgan fingerprint density at radius 3 is 2.71 bits per heavy atom. The van der Waals surface area contributed by atoms with Crippen LogP contribution in [0.4, 0.5) is 0 Å². The molecule has 0 saturated heterocycles. The Morgan fingerprint density at radius 1 is 1.53 bits per heavy atom. The van der Waals surface area contributed by atoms with Crippen LogP contribution < -0.4 is 0 Å². The third-order valence-electron chi connectivity index (χ3n) is 2.45. The molecule has 2 aromatic rings. The molecule has 2 heterocycles. The highest BCUT2D eigenvalue weighted by molar-refractivity contribution is 5.84. The average molecular weight is 236 g/mol. The maximum atomic E-state index is 10.7. The summed E-state index contributed by atoms with van der Waals surface area (Å²) in [5, 5.41) is 22.9. The van der Waals surface area contributed by atoms with Gasteiger partial charge in [-0.2, -0.15) is 5.10 Å². The fourth-order valence-corrected chi connectivity index (χ4v) is 1.65. The molecule has 0 spiro atoms. The summed E-state index contributed by atoms with van der Waals surface area (Å²) in [5.41, 5.74) is 1.27.